The van der Waals surface area contributed by atoms with E-state index in [1.165, 1.54) is 0 Å². The summed E-state index contributed by atoms with van der Waals surface area (Å²) in [6, 6.07) is 0.506. The Morgan fingerprint density at radius 1 is 1.75 bits per heavy atom. The van der Waals surface area contributed by atoms with Gasteiger partial charge in [-0.25, -0.2) is 0 Å². The summed E-state index contributed by atoms with van der Waals surface area (Å²) >= 11 is 5.53. The van der Waals surface area contributed by atoms with Crippen molar-refractivity contribution < 1.29 is 4.74 Å². The molecule has 1 N–H and O–H groups in total. The Morgan fingerprint density at radius 3 is 3.00 bits per heavy atom. The summed E-state index contributed by atoms with van der Waals surface area (Å²) in [7, 11) is 0. The zero-order chi connectivity index (χ0) is 8.97. The molecule has 1 rings (SSSR count). The quantitative estimate of drug-likeness (QED) is 0.733. The third-order valence-electron chi connectivity index (χ3n) is 2.05. The summed E-state index contributed by atoms with van der Waals surface area (Å²) in [5.41, 5.74) is 2.78. The Labute approximate surface area is 78.9 Å². The van der Waals surface area contributed by atoms with Crippen LogP contribution >= 0.6 is 11.6 Å². The molecule has 0 spiro atoms. The molecule has 12 heavy (non-hydrogen) atoms. The first-order valence-electron chi connectivity index (χ1n) is 4.33. The van der Waals surface area contributed by atoms with Crippen molar-refractivity contribution in [2.75, 3.05) is 13.2 Å². The largest absolute Gasteiger partial charge is 0.377 e. The van der Waals surface area contributed by atoms with E-state index >= 15 is 0 Å². The Morgan fingerprint density at radius 2 is 2.50 bits per heavy atom. The molecule has 0 aliphatic carbocycles. The van der Waals surface area contributed by atoms with E-state index in [4.69, 9.17) is 16.3 Å². The second kappa shape index (κ2) is 4.85. The van der Waals surface area contributed by atoms with E-state index in [9.17, 15) is 0 Å². The van der Waals surface area contributed by atoms with Crippen LogP contribution in [0.25, 0.3) is 0 Å². The van der Waals surface area contributed by atoms with Gasteiger partial charge in [-0.15, -0.1) is 0 Å². The van der Waals surface area contributed by atoms with E-state index in [1.54, 1.807) is 5.54 Å². The Kier molecular flexibility index (Phi) is 4.06. The molecule has 1 heterocycles. The standard InChI is InChI=1S/C9H16ClNO/c1-7(4-10)5-11-9-3-8(2)12-6-9/h4,8-9,11H,3,5-6H2,1-2H3/b7-4+. The molecule has 1 fully saturated rings. The van der Waals surface area contributed by atoms with E-state index in [0.29, 0.717) is 12.1 Å². The average Bonchev–Trinajstić information content (AvgIpc) is 2.47. The second-order valence-corrected chi connectivity index (χ2v) is 3.63. The lowest BCUT2D eigenvalue weighted by atomic mass is 10.2. The Hall–Kier alpha value is -0.0500. The fourth-order valence-corrected chi connectivity index (χ4v) is 1.38. The maximum absolute atomic E-state index is 5.53. The third kappa shape index (κ3) is 3.13. The van der Waals surface area contributed by atoms with Crippen molar-refractivity contribution in [2.45, 2.75) is 32.4 Å². The van der Waals surface area contributed by atoms with E-state index in [0.717, 1.165) is 25.1 Å². The predicted octanol–water partition coefficient (Wildman–Crippen LogP) is 1.90. The average molecular weight is 190 g/mol. The van der Waals surface area contributed by atoms with Gasteiger partial charge in [0, 0.05) is 18.1 Å². The number of nitrogens with one attached hydrogen (secondary N) is 1. The van der Waals surface area contributed by atoms with Gasteiger partial charge < -0.3 is 10.1 Å². The summed E-state index contributed by atoms with van der Waals surface area (Å²) in [4.78, 5) is 0. The molecule has 0 radical (unpaired) electrons. The van der Waals surface area contributed by atoms with Crippen LogP contribution in [0.15, 0.2) is 11.1 Å². The number of halogens is 1. The van der Waals surface area contributed by atoms with E-state index < -0.39 is 0 Å². The van der Waals surface area contributed by atoms with Crippen molar-refractivity contribution in [2.24, 2.45) is 0 Å². The van der Waals surface area contributed by atoms with Crippen LogP contribution in [0.2, 0.25) is 0 Å². The van der Waals surface area contributed by atoms with Crippen LogP contribution in [0, 0.1) is 0 Å². The van der Waals surface area contributed by atoms with Crippen molar-refractivity contribution in [3.63, 3.8) is 0 Å². The monoisotopic (exact) mass is 189 g/mol. The maximum Gasteiger partial charge on any atom is 0.0624 e. The van der Waals surface area contributed by atoms with Crippen LogP contribution in [-0.4, -0.2) is 25.3 Å². The molecular weight excluding hydrogens is 174 g/mol. The molecule has 2 atom stereocenters. The molecule has 1 aliphatic heterocycles. The SMILES string of the molecule is C/C(=C\Cl)CNC1COC(C)C1. The molecule has 0 saturated carbocycles. The lowest BCUT2D eigenvalue weighted by Gasteiger charge is -2.09. The first-order chi connectivity index (χ1) is 5.72. The fraction of sp³-hybridized carbons (Fsp3) is 0.778. The topological polar surface area (TPSA) is 21.3 Å². The number of hydrogen-bond donors (Lipinski definition) is 1. The number of hydrogen-bond acceptors (Lipinski definition) is 2. The Bertz CT molecular complexity index is 170. The minimum absolute atomic E-state index is 0.405. The van der Waals surface area contributed by atoms with Gasteiger partial charge in [0.25, 0.3) is 0 Å². The molecule has 0 bridgehead atoms. The lowest BCUT2D eigenvalue weighted by Crippen LogP contribution is -2.30. The molecule has 0 aromatic carbocycles. The number of rotatable bonds is 3. The highest BCUT2D eigenvalue weighted by Gasteiger charge is 2.20. The first-order valence-corrected chi connectivity index (χ1v) is 4.77. The highest BCUT2D eigenvalue weighted by molar-refractivity contribution is 6.25. The molecule has 0 aromatic rings. The van der Waals surface area contributed by atoms with Gasteiger partial charge in [0.15, 0.2) is 0 Å². The van der Waals surface area contributed by atoms with Gasteiger partial charge >= 0.3 is 0 Å². The fourth-order valence-electron chi connectivity index (χ4n) is 1.30. The van der Waals surface area contributed by atoms with Gasteiger partial charge in [0.05, 0.1) is 12.7 Å². The summed E-state index contributed by atoms with van der Waals surface area (Å²) in [6.45, 7) is 5.81. The van der Waals surface area contributed by atoms with Crippen LogP contribution in [0.4, 0.5) is 0 Å². The van der Waals surface area contributed by atoms with Gasteiger partial charge in [-0.05, 0) is 25.8 Å². The van der Waals surface area contributed by atoms with E-state index in [1.807, 2.05) is 6.92 Å². The lowest BCUT2D eigenvalue weighted by molar-refractivity contribution is 0.122. The zero-order valence-electron chi connectivity index (χ0n) is 7.64. The smallest absolute Gasteiger partial charge is 0.0624 e. The summed E-state index contributed by atoms with van der Waals surface area (Å²) in [5, 5.41) is 3.38. The van der Waals surface area contributed by atoms with Crippen molar-refractivity contribution in [1.82, 2.24) is 5.32 Å². The maximum atomic E-state index is 5.53. The second-order valence-electron chi connectivity index (χ2n) is 3.41. The normalized spacial score (nSPS) is 31.1. The van der Waals surface area contributed by atoms with Crippen molar-refractivity contribution in [3.8, 4) is 0 Å². The molecule has 0 amide bonds. The van der Waals surface area contributed by atoms with Crippen LogP contribution in [-0.2, 0) is 4.74 Å². The molecule has 1 aliphatic rings. The Balaban J connectivity index is 2.16. The predicted molar refractivity (Wildman–Crippen MR) is 51.4 cm³/mol. The highest BCUT2D eigenvalue weighted by Crippen LogP contribution is 2.12. The van der Waals surface area contributed by atoms with Gasteiger partial charge in [0.1, 0.15) is 0 Å². The van der Waals surface area contributed by atoms with Crippen LogP contribution in [0.1, 0.15) is 20.3 Å². The highest BCUT2D eigenvalue weighted by atomic mass is 35.5. The first kappa shape index (κ1) is 10.0. The van der Waals surface area contributed by atoms with Crippen LogP contribution in [0.5, 0.6) is 0 Å². The van der Waals surface area contributed by atoms with Gasteiger partial charge in [-0.2, -0.15) is 0 Å². The molecular formula is C9H16ClNO. The molecule has 0 aromatic heterocycles. The molecule has 70 valence electrons. The zero-order valence-corrected chi connectivity index (χ0v) is 8.40. The van der Waals surface area contributed by atoms with Gasteiger partial charge in [-0.3, -0.25) is 0 Å². The number of ether oxygens (including phenoxy) is 1. The molecule has 2 nitrogen and oxygen atoms in total. The van der Waals surface area contributed by atoms with E-state index in [-0.39, 0.29) is 0 Å². The molecule has 1 saturated heterocycles. The third-order valence-corrected chi connectivity index (χ3v) is 2.43. The summed E-state index contributed by atoms with van der Waals surface area (Å²) in [5.74, 6) is 0. The summed E-state index contributed by atoms with van der Waals surface area (Å²) in [6.07, 6.45) is 1.51. The van der Waals surface area contributed by atoms with Crippen LogP contribution < -0.4 is 5.32 Å². The van der Waals surface area contributed by atoms with Crippen molar-refractivity contribution in [1.29, 1.82) is 0 Å². The molecule has 2 unspecified atom stereocenters. The minimum Gasteiger partial charge on any atom is -0.377 e. The van der Waals surface area contributed by atoms with Crippen molar-refractivity contribution in [3.05, 3.63) is 11.1 Å². The van der Waals surface area contributed by atoms with Crippen LogP contribution in [0.3, 0.4) is 0 Å². The summed E-state index contributed by atoms with van der Waals surface area (Å²) < 4.78 is 5.42. The van der Waals surface area contributed by atoms with E-state index in [2.05, 4.69) is 12.2 Å². The molecule has 3 heteroatoms. The van der Waals surface area contributed by atoms with Crippen molar-refractivity contribution >= 4 is 11.6 Å². The van der Waals surface area contributed by atoms with Gasteiger partial charge in [0.2, 0.25) is 0 Å². The minimum atomic E-state index is 0.405. The van der Waals surface area contributed by atoms with Gasteiger partial charge in [-0.1, -0.05) is 11.6 Å².